The van der Waals surface area contributed by atoms with Gasteiger partial charge in [-0.15, -0.1) is 5.10 Å². The van der Waals surface area contributed by atoms with E-state index in [2.05, 4.69) is 25.6 Å². The van der Waals surface area contributed by atoms with Crippen molar-refractivity contribution in [3.8, 4) is 0 Å². The summed E-state index contributed by atoms with van der Waals surface area (Å²) in [4.78, 5) is 6.92. The smallest absolute Gasteiger partial charge is 0.243 e. The standard InChI is InChI=1S/C13H20N6/c1-11-3-2-4-12-16-13(17-19(11)12)15-7-10-18-8-5-14-6-9-18/h2-4,14H,5-10H2,1H3,(H,15,17). The van der Waals surface area contributed by atoms with Crippen molar-refractivity contribution in [1.29, 1.82) is 0 Å². The van der Waals surface area contributed by atoms with Gasteiger partial charge in [0.25, 0.3) is 0 Å². The average molecular weight is 260 g/mol. The Balaban J connectivity index is 1.57. The van der Waals surface area contributed by atoms with Crippen LogP contribution in [0.15, 0.2) is 18.2 Å². The first kappa shape index (κ1) is 12.4. The molecule has 0 spiro atoms. The second kappa shape index (κ2) is 5.54. The summed E-state index contributed by atoms with van der Waals surface area (Å²) < 4.78 is 1.87. The molecule has 0 saturated carbocycles. The number of nitrogens with one attached hydrogen (secondary N) is 2. The Morgan fingerprint density at radius 2 is 2.16 bits per heavy atom. The normalized spacial score (nSPS) is 16.9. The van der Waals surface area contributed by atoms with Crippen LogP contribution in [0.2, 0.25) is 0 Å². The van der Waals surface area contributed by atoms with Crippen LogP contribution in [0.3, 0.4) is 0 Å². The molecule has 1 aliphatic heterocycles. The van der Waals surface area contributed by atoms with E-state index in [0.717, 1.165) is 50.6 Å². The Kier molecular flexibility index (Phi) is 3.61. The molecule has 2 aromatic heterocycles. The summed E-state index contributed by atoms with van der Waals surface area (Å²) in [6.07, 6.45) is 0. The van der Waals surface area contributed by atoms with E-state index in [4.69, 9.17) is 0 Å². The second-order valence-electron chi connectivity index (χ2n) is 4.89. The highest BCUT2D eigenvalue weighted by Crippen LogP contribution is 2.07. The molecule has 0 amide bonds. The van der Waals surface area contributed by atoms with Crippen molar-refractivity contribution in [3.05, 3.63) is 23.9 Å². The predicted octanol–water partition coefficient (Wildman–Crippen LogP) is 0.355. The zero-order valence-corrected chi connectivity index (χ0v) is 11.3. The van der Waals surface area contributed by atoms with E-state index < -0.39 is 0 Å². The number of piperazine rings is 1. The third kappa shape index (κ3) is 2.85. The van der Waals surface area contributed by atoms with Gasteiger partial charge in [0.05, 0.1) is 0 Å². The predicted molar refractivity (Wildman–Crippen MR) is 75.5 cm³/mol. The first-order chi connectivity index (χ1) is 9.33. The molecule has 0 aromatic carbocycles. The molecule has 0 bridgehead atoms. The van der Waals surface area contributed by atoms with Crippen LogP contribution in [0.25, 0.3) is 5.65 Å². The number of pyridine rings is 1. The van der Waals surface area contributed by atoms with Crippen LogP contribution in [-0.4, -0.2) is 58.8 Å². The Hall–Kier alpha value is -1.66. The lowest BCUT2D eigenvalue weighted by molar-refractivity contribution is 0.249. The monoisotopic (exact) mass is 260 g/mol. The Bertz CT molecular complexity index is 543. The van der Waals surface area contributed by atoms with Gasteiger partial charge in [-0.3, -0.25) is 4.90 Å². The van der Waals surface area contributed by atoms with E-state index >= 15 is 0 Å². The molecule has 19 heavy (non-hydrogen) atoms. The van der Waals surface area contributed by atoms with Crippen molar-refractivity contribution in [3.63, 3.8) is 0 Å². The first-order valence-corrected chi connectivity index (χ1v) is 6.82. The molecule has 1 fully saturated rings. The average Bonchev–Trinajstić information content (AvgIpc) is 2.84. The van der Waals surface area contributed by atoms with Crippen LogP contribution >= 0.6 is 0 Å². The van der Waals surface area contributed by atoms with Crippen LogP contribution in [0, 0.1) is 6.92 Å². The fourth-order valence-corrected chi connectivity index (χ4v) is 2.37. The summed E-state index contributed by atoms with van der Waals surface area (Å²) in [6, 6.07) is 6.01. The van der Waals surface area contributed by atoms with E-state index in [-0.39, 0.29) is 0 Å². The maximum absolute atomic E-state index is 4.47. The van der Waals surface area contributed by atoms with E-state index in [1.165, 1.54) is 0 Å². The highest BCUT2D eigenvalue weighted by Gasteiger charge is 2.09. The van der Waals surface area contributed by atoms with Gasteiger partial charge in [-0.05, 0) is 19.1 Å². The SMILES string of the molecule is Cc1cccc2nc(NCCN3CCNCC3)nn12. The molecule has 1 saturated heterocycles. The number of anilines is 1. The Labute approximate surface area is 112 Å². The highest BCUT2D eigenvalue weighted by atomic mass is 15.4. The lowest BCUT2D eigenvalue weighted by Gasteiger charge is -2.26. The quantitative estimate of drug-likeness (QED) is 0.831. The molecular formula is C13H20N6. The molecule has 2 aromatic rings. The molecule has 0 radical (unpaired) electrons. The minimum absolute atomic E-state index is 0.712. The lowest BCUT2D eigenvalue weighted by atomic mass is 10.3. The molecule has 6 heteroatoms. The molecule has 3 rings (SSSR count). The minimum Gasteiger partial charge on any atom is -0.352 e. The van der Waals surface area contributed by atoms with Crippen LogP contribution in [0.4, 0.5) is 5.95 Å². The highest BCUT2D eigenvalue weighted by molar-refractivity contribution is 5.44. The van der Waals surface area contributed by atoms with Crippen molar-refractivity contribution < 1.29 is 0 Å². The van der Waals surface area contributed by atoms with Crippen LogP contribution in [0.5, 0.6) is 0 Å². The van der Waals surface area contributed by atoms with Gasteiger partial charge in [-0.1, -0.05) is 6.07 Å². The molecule has 6 nitrogen and oxygen atoms in total. The number of aryl methyl sites for hydroxylation is 1. The fourth-order valence-electron chi connectivity index (χ4n) is 2.37. The third-order valence-corrected chi connectivity index (χ3v) is 3.47. The zero-order valence-electron chi connectivity index (χ0n) is 11.3. The largest absolute Gasteiger partial charge is 0.352 e. The van der Waals surface area contributed by atoms with Gasteiger partial charge in [0.2, 0.25) is 5.95 Å². The number of nitrogens with zero attached hydrogens (tertiary/aromatic N) is 4. The maximum atomic E-state index is 4.47. The molecule has 3 heterocycles. The van der Waals surface area contributed by atoms with Crippen molar-refractivity contribution in [2.24, 2.45) is 0 Å². The second-order valence-corrected chi connectivity index (χ2v) is 4.89. The van der Waals surface area contributed by atoms with E-state index in [0.29, 0.717) is 5.95 Å². The number of fused-ring (bicyclic) bond motifs is 1. The molecule has 0 atom stereocenters. The molecular weight excluding hydrogens is 240 g/mol. The lowest BCUT2D eigenvalue weighted by Crippen LogP contribution is -2.45. The summed E-state index contributed by atoms with van der Waals surface area (Å²) in [5, 5.41) is 11.1. The minimum atomic E-state index is 0.712. The van der Waals surface area contributed by atoms with Crippen LogP contribution in [-0.2, 0) is 0 Å². The summed E-state index contributed by atoms with van der Waals surface area (Å²) in [7, 11) is 0. The van der Waals surface area contributed by atoms with Gasteiger partial charge in [0.1, 0.15) is 0 Å². The van der Waals surface area contributed by atoms with E-state index in [9.17, 15) is 0 Å². The molecule has 0 aliphatic carbocycles. The molecule has 0 unspecified atom stereocenters. The first-order valence-electron chi connectivity index (χ1n) is 6.82. The Morgan fingerprint density at radius 1 is 1.32 bits per heavy atom. The summed E-state index contributed by atoms with van der Waals surface area (Å²) in [5.74, 6) is 0.712. The number of hydrogen-bond donors (Lipinski definition) is 2. The Morgan fingerprint density at radius 3 is 2.95 bits per heavy atom. The van der Waals surface area contributed by atoms with Crippen molar-refractivity contribution in [2.75, 3.05) is 44.6 Å². The van der Waals surface area contributed by atoms with Crippen molar-refractivity contribution >= 4 is 11.6 Å². The number of aromatic nitrogens is 3. The topological polar surface area (TPSA) is 57.5 Å². The maximum Gasteiger partial charge on any atom is 0.243 e. The molecule has 102 valence electrons. The van der Waals surface area contributed by atoms with Gasteiger partial charge in [-0.25, -0.2) is 4.52 Å². The number of rotatable bonds is 4. The summed E-state index contributed by atoms with van der Waals surface area (Å²) in [5.41, 5.74) is 1.99. The molecule has 2 N–H and O–H groups in total. The van der Waals surface area contributed by atoms with E-state index in [1.54, 1.807) is 0 Å². The van der Waals surface area contributed by atoms with Gasteiger partial charge in [0, 0.05) is 45.0 Å². The van der Waals surface area contributed by atoms with Gasteiger partial charge in [0.15, 0.2) is 5.65 Å². The summed E-state index contributed by atoms with van der Waals surface area (Å²) >= 11 is 0. The van der Waals surface area contributed by atoms with E-state index in [1.807, 2.05) is 29.6 Å². The van der Waals surface area contributed by atoms with Gasteiger partial charge in [-0.2, -0.15) is 4.98 Å². The van der Waals surface area contributed by atoms with Crippen LogP contribution < -0.4 is 10.6 Å². The van der Waals surface area contributed by atoms with Gasteiger partial charge >= 0.3 is 0 Å². The summed E-state index contributed by atoms with van der Waals surface area (Å²) in [6.45, 7) is 8.38. The molecule has 1 aliphatic rings. The fraction of sp³-hybridized carbons (Fsp3) is 0.538. The number of hydrogen-bond acceptors (Lipinski definition) is 5. The van der Waals surface area contributed by atoms with Crippen molar-refractivity contribution in [1.82, 2.24) is 24.8 Å². The van der Waals surface area contributed by atoms with Gasteiger partial charge < -0.3 is 10.6 Å². The van der Waals surface area contributed by atoms with Crippen molar-refractivity contribution in [2.45, 2.75) is 6.92 Å². The third-order valence-electron chi connectivity index (χ3n) is 3.47. The van der Waals surface area contributed by atoms with Crippen LogP contribution in [0.1, 0.15) is 5.69 Å². The zero-order chi connectivity index (χ0) is 13.1.